The summed E-state index contributed by atoms with van der Waals surface area (Å²) in [6.45, 7) is 8.46. The molecule has 2 rings (SSSR count). The molecule has 146 valence electrons. The summed E-state index contributed by atoms with van der Waals surface area (Å²) >= 11 is 0. The van der Waals surface area contributed by atoms with Crippen LogP contribution in [0, 0.1) is 0 Å². The summed E-state index contributed by atoms with van der Waals surface area (Å²) in [6, 6.07) is 6.18. The van der Waals surface area contributed by atoms with Crippen molar-refractivity contribution in [3.63, 3.8) is 0 Å². The first-order chi connectivity index (χ1) is 12.5. The molecule has 0 saturated carbocycles. The predicted octanol–water partition coefficient (Wildman–Crippen LogP) is 2.32. The maximum absolute atomic E-state index is 12.5. The van der Waals surface area contributed by atoms with E-state index in [0.29, 0.717) is 25.2 Å². The molecule has 1 N–H and O–H groups in total. The third kappa shape index (κ3) is 5.53. The van der Waals surface area contributed by atoms with Crippen molar-refractivity contribution in [2.75, 3.05) is 39.3 Å². The Morgan fingerprint density at radius 2 is 1.69 bits per heavy atom. The molecule has 26 heavy (non-hydrogen) atoms. The van der Waals surface area contributed by atoms with Gasteiger partial charge in [0.1, 0.15) is 0 Å². The zero-order valence-electron chi connectivity index (χ0n) is 15.9. The molecule has 1 aromatic rings. The molecular formula is C19H31N3O3S. The third-order valence-corrected chi connectivity index (χ3v) is 6.91. The lowest BCUT2D eigenvalue weighted by Gasteiger charge is -2.26. The number of hydrogen-bond donors (Lipinski definition) is 1. The molecule has 1 aromatic carbocycles. The first-order valence-electron chi connectivity index (χ1n) is 9.59. The number of amides is 1. The maximum Gasteiger partial charge on any atom is 0.251 e. The number of hydrogen-bond acceptors (Lipinski definition) is 4. The smallest absolute Gasteiger partial charge is 0.251 e. The van der Waals surface area contributed by atoms with Gasteiger partial charge in [-0.25, -0.2) is 8.42 Å². The molecule has 0 unspecified atom stereocenters. The number of likely N-dealkylation sites (tertiary alicyclic amines) is 1. The average molecular weight is 382 g/mol. The lowest BCUT2D eigenvalue weighted by atomic mass is 10.1. The standard InChI is InChI=1S/C19H31N3O3S/c1-3-22(4-2)26(24,25)18-11-9-17(10-12-18)19(23)20-13-8-16-21-14-6-5-7-15-21/h9-12H,3-8,13-16H2,1-2H3,(H,20,23). The van der Waals surface area contributed by atoms with Gasteiger partial charge in [-0.1, -0.05) is 20.3 Å². The Hall–Kier alpha value is -1.44. The van der Waals surface area contributed by atoms with Crippen LogP contribution in [-0.4, -0.2) is 62.8 Å². The third-order valence-electron chi connectivity index (χ3n) is 4.85. The summed E-state index contributed by atoms with van der Waals surface area (Å²) in [5.41, 5.74) is 0.487. The lowest BCUT2D eigenvalue weighted by Crippen LogP contribution is -2.33. The van der Waals surface area contributed by atoms with Crippen LogP contribution in [0.4, 0.5) is 0 Å². The van der Waals surface area contributed by atoms with Gasteiger partial charge < -0.3 is 10.2 Å². The summed E-state index contributed by atoms with van der Waals surface area (Å²) in [7, 11) is -3.48. The van der Waals surface area contributed by atoms with Crippen molar-refractivity contribution in [1.82, 2.24) is 14.5 Å². The van der Waals surface area contributed by atoms with E-state index in [2.05, 4.69) is 10.2 Å². The molecule has 7 heteroatoms. The van der Waals surface area contributed by atoms with Gasteiger partial charge in [0.2, 0.25) is 10.0 Å². The van der Waals surface area contributed by atoms with Crippen LogP contribution in [0.25, 0.3) is 0 Å². The van der Waals surface area contributed by atoms with E-state index in [4.69, 9.17) is 0 Å². The van der Waals surface area contributed by atoms with Gasteiger partial charge in [0.05, 0.1) is 4.90 Å². The van der Waals surface area contributed by atoms with Gasteiger partial charge in [0.15, 0.2) is 0 Å². The van der Waals surface area contributed by atoms with Crippen molar-refractivity contribution in [2.45, 2.75) is 44.4 Å². The quantitative estimate of drug-likeness (QED) is 0.667. The first-order valence-corrected chi connectivity index (χ1v) is 11.0. The monoisotopic (exact) mass is 381 g/mol. The number of benzene rings is 1. The highest BCUT2D eigenvalue weighted by molar-refractivity contribution is 7.89. The van der Waals surface area contributed by atoms with Crippen molar-refractivity contribution in [2.24, 2.45) is 0 Å². The van der Waals surface area contributed by atoms with E-state index in [-0.39, 0.29) is 10.8 Å². The van der Waals surface area contributed by atoms with Crippen LogP contribution >= 0.6 is 0 Å². The maximum atomic E-state index is 12.5. The summed E-state index contributed by atoms with van der Waals surface area (Å²) in [5, 5.41) is 2.92. The van der Waals surface area contributed by atoms with Crippen molar-refractivity contribution in [3.05, 3.63) is 29.8 Å². The second-order valence-electron chi connectivity index (χ2n) is 6.63. The van der Waals surface area contributed by atoms with Gasteiger partial charge in [-0.3, -0.25) is 4.79 Å². The second kappa shape index (κ2) is 10.0. The van der Waals surface area contributed by atoms with E-state index in [1.165, 1.54) is 35.7 Å². The minimum Gasteiger partial charge on any atom is -0.352 e. The van der Waals surface area contributed by atoms with Gasteiger partial charge in [-0.15, -0.1) is 0 Å². The van der Waals surface area contributed by atoms with Gasteiger partial charge in [0, 0.05) is 25.2 Å². The van der Waals surface area contributed by atoms with Crippen LogP contribution in [0.15, 0.2) is 29.2 Å². The first kappa shape index (κ1) is 20.9. The normalized spacial score (nSPS) is 16.0. The van der Waals surface area contributed by atoms with Gasteiger partial charge in [-0.05, 0) is 63.2 Å². The van der Waals surface area contributed by atoms with Crippen molar-refractivity contribution < 1.29 is 13.2 Å². The number of nitrogens with one attached hydrogen (secondary N) is 1. The van der Waals surface area contributed by atoms with Crippen molar-refractivity contribution >= 4 is 15.9 Å². The highest BCUT2D eigenvalue weighted by Crippen LogP contribution is 2.16. The number of piperidine rings is 1. The molecule has 0 spiro atoms. The summed E-state index contributed by atoms with van der Waals surface area (Å²) in [6.07, 6.45) is 4.80. The Kier molecular flexibility index (Phi) is 8.06. The molecule has 0 aromatic heterocycles. The number of carbonyl (C=O) groups excluding carboxylic acids is 1. The Morgan fingerprint density at radius 3 is 2.27 bits per heavy atom. The fourth-order valence-electron chi connectivity index (χ4n) is 3.28. The number of rotatable bonds is 9. The van der Waals surface area contributed by atoms with Crippen LogP contribution in [-0.2, 0) is 10.0 Å². The largest absolute Gasteiger partial charge is 0.352 e. The fraction of sp³-hybridized carbons (Fsp3) is 0.632. The van der Waals surface area contributed by atoms with Crippen LogP contribution in [0.1, 0.15) is 49.9 Å². The summed E-state index contributed by atoms with van der Waals surface area (Å²) in [5.74, 6) is -0.157. The van der Waals surface area contributed by atoms with Crippen LogP contribution < -0.4 is 5.32 Å². The van der Waals surface area contributed by atoms with E-state index in [9.17, 15) is 13.2 Å². The molecule has 0 radical (unpaired) electrons. The average Bonchev–Trinajstić information content (AvgIpc) is 2.67. The molecular weight excluding hydrogens is 350 g/mol. The number of sulfonamides is 1. The molecule has 1 heterocycles. The van der Waals surface area contributed by atoms with Crippen LogP contribution in [0.2, 0.25) is 0 Å². The second-order valence-corrected chi connectivity index (χ2v) is 8.56. The Labute approximate surface area is 157 Å². The van der Waals surface area contributed by atoms with E-state index in [1.807, 2.05) is 13.8 Å². The van der Waals surface area contributed by atoms with E-state index in [0.717, 1.165) is 26.1 Å². The van der Waals surface area contributed by atoms with Crippen LogP contribution in [0.3, 0.4) is 0 Å². The van der Waals surface area contributed by atoms with Crippen LogP contribution in [0.5, 0.6) is 0 Å². The zero-order chi connectivity index (χ0) is 19.0. The molecule has 0 aliphatic carbocycles. The Bertz CT molecular complexity index is 664. The minimum absolute atomic E-state index is 0.157. The highest BCUT2D eigenvalue weighted by atomic mass is 32.2. The molecule has 1 fully saturated rings. The minimum atomic E-state index is -3.48. The Balaban J connectivity index is 1.84. The fourth-order valence-corrected chi connectivity index (χ4v) is 4.74. The molecule has 0 bridgehead atoms. The highest BCUT2D eigenvalue weighted by Gasteiger charge is 2.21. The lowest BCUT2D eigenvalue weighted by molar-refractivity contribution is 0.0951. The number of carbonyl (C=O) groups is 1. The summed E-state index contributed by atoms with van der Waals surface area (Å²) < 4.78 is 26.3. The molecule has 0 atom stereocenters. The topological polar surface area (TPSA) is 69.7 Å². The predicted molar refractivity (Wildman–Crippen MR) is 104 cm³/mol. The van der Waals surface area contributed by atoms with Gasteiger partial charge in [-0.2, -0.15) is 4.31 Å². The molecule has 1 saturated heterocycles. The Morgan fingerprint density at radius 1 is 1.08 bits per heavy atom. The van der Waals surface area contributed by atoms with E-state index < -0.39 is 10.0 Å². The van der Waals surface area contributed by atoms with Gasteiger partial charge >= 0.3 is 0 Å². The van der Waals surface area contributed by atoms with Gasteiger partial charge in [0.25, 0.3) is 5.91 Å². The molecule has 1 aliphatic heterocycles. The summed E-state index contributed by atoms with van der Waals surface area (Å²) in [4.78, 5) is 14.9. The molecule has 6 nitrogen and oxygen atoms in total. The SMILES string of the molecule is CCN(CC)S(=O)(=O)c1ccc(C(=O)NCCCN2CCCCC2)cc1. The zero-order valence-corrected chi connectivity index (χ0v) is 16.7. The van der Waals surface area contributed by atoms with Crippen molar-refractivity contribution in [1.29, 1.82) is 0 Å². The number of nitrogens with zero attached hydrogens (tertiary/aromatic N) is 2. The molecule has 1 aliphatic rings. The molecule has 1 amide bonds. The van der Waals surface area contributed by atoms with E-state index in [1.54, 1.807) is 12.1 Å². The van der Waals surface area contributed by atoms with Crippen molar-refractivity contribution in [3.8, 4) is 0 Å². The van der Waals surface area contributed by atoms with E-state index >= 15 is 0 Å².